The molecule has 0 spiro atoms. The zero-order valence-electron chi connectivity index (χ0n) is 18.9. The first-order valence-electron chi connectivity index (χ1n) is 11.7. The van der Waals surface area contributed by atoms with Crippen LogP contribution in [0.4, 0.5) is 4.79 Å². The van der Waals surface area contributed by atoms with Gasteiger partial charge in [0.2, 0.25) is 5.91 Å². The van der Waals surface area contributed by atoms with Gasteiger partial charge in [-0.15, -0.1) is 0 Å². The number of nitrogens with one attached hydrogen (secondary N) is 2. The van der Waals surface area contributed by atoms with Crippen molar-refractivity contribution in [3.63, 3.8) is 0 Å². The van der Waals surface area contributed by atoms with E-state index in [2.05, 4.69) is 34.9 Å². The van der Waals surface area contributed by atoms with Crippen LogP contribution in [0.5, 0.6) is 0 Å². The van der Waals surface area contributed by atoms with Gasteiger partial charge < -0.3 is 25.6 Å². The Morgan fingerprint density at radius 2 is 1.56 bits per heavy atom. The van der Waals surface area contributed by atoms with E-state index < -0.39 is 18.2 Å². The third kappa shape index (κ3) is 5.56. The quantitative estimate of drug-likeness (QED) is 0.427. The molecule has 0 unspecified atom stereocenters. The molecule has 2 aliphatic rings. The van der Waals surface area contributed by atoms with E-state index in [-0.39, 0.29) is 37.3 Å². The van der Waals surface area contributed by atoms with Crippen molar-refractivity contribution in [3.8, 4) is 11.1 Å². The molecule has 1 fully saturated rings. The van der Waals surface area contributed by atoms with Crippen molar-refractivity contribution in [2.24, 2.45) is 11.8 Å². The molecule has 0 saturated heterocycles. The van der Waals surface area contributed by atoms with E-state index in [1.165, 1.54) is 22.3 Å². The van der Waals surface area contributed by atoms with Crippen LogP contribution >= 0.6 is 0 Å². The number of aliphatic hydroxyl groups excluding tert-OH is 1. The van der Waals surface area contributed by atoms with Crippen molar-refractivity contribution in [2.45, 2.75) is 37.7 Å². The van der Waals surface area contributed by atoms with Gasteiger partial charge in [-0.2, -0.15) is 0 Å². The molecule has 1 atom stereocenters. The van der Waals surface area contributed by atoms with Crippen LogP contribution < -0.4 is 10.6 Å². The lowest BCUT2D eigenvalue weighted by molar-refractivity contribution is -0.147. The summed E-state index contributed by atoms with van der Waals surface area (Å²) in [6.07, 6.45) is 0.143. The standard InChI is InChI=1S/C26H30N2O6/c29-23(25(31)32)9-10-27-24(30)13-16-11-17(12-16)14-28-26(33)34-15-22-20-7-3-1-5-18(20)19-6-2-4-8-21(19)22/h1-8,16-17,22-23,29H,9-15H2,(H,27,30)(H,28,33)(H,31,32)/t16?,17?,23-/m0/s1. The maximum absolute atomic E-state index is 12.3. The van der Waals surface area contributed by atoms with Gasteiger partial charge in [0.1, 0.15) is 6.61 Å². The predicted molar refractivity (Wildman–Crippen MR) is 125 cm³/mol. The summed E-state index contributed by atoms with van der Waals surface area (Å²) in [5, 5.41) is 23.3. The Kier molecular flexibility index (Phi) is 7.47. The Balaban J connectivity index is 1.14. The molecule has 4 rings (SSSR count). The maximum Gasteiger partial charge on any atom is 0.407 e. The predicted octanol–water partition coefficient (Wildman–Crippen LogP) is 2.89. The lowest BCUT2D eigenvalue weighted by Crippen LogP contribution is -2.39. The molecule has 0 aliphatic heterocycles. The maximum atomic E-state index is 12.3. The first-order valence-corrected chi connectivity index (χ1v) is 11.7. The van der Waals surface area contributed by atoms with Crippen LogP contribution in [-0.2, 0) is 14.3 Å². The van der Waals surface area contributed by atoms with E-state index in [4.69, 9.17) is 9.84 Å². The number of carboxylic acids is 1. The number of fused-ring (bicyclic) bond motifs is 3. The summed E-state index contributed by atoms with van der Waals surface area (Å²) in [4.78, 5) is 34.8. The normalized spacial score (nSPS) is 19.3. The molecule has 2 aliphatic carbocycles. The third-order valence-corrected chi connectivity index (χ3v) is 6.71. The highest BCUT2D eigenvalue weighted by Gasteiger charge is 2.32. The van der Waals surface area contributed by atoms with Crippen molar-refractivity contribution in [3.05, 3.63) is 59.7 Å². The zero-order valence-corrected chi connectivity index (χ0v) is 18.9. The number of alkyl carbamates (subject to hydrolysis) is 1. The van der Waals surface area contributed by atoms with Crippen molar-refractivity contribution >= 4 is 18.0 Å². The SMILES string of the molecule is O=C(CC1CC(CNC(=O)OCC2c3ccccc3-c3ccccc32)C1)NCC[C@H](O)C(=O)O. The number of rotatable bonds is 10. The number of benzene rings is 2. The molecule has 2 amide bonds. The molecular formula is C26H30N2O6. The Hall–Kier alpha value is -3.39. The number of amides is 2. The summed E-state index contributed by atoms with van der Waals surface area (Å²) in [6.45, 7) is 0.926. The van der Waals surface area contributed by atoms with Crippen LogP contribution in [0.1, 0.15) is 42.7 Å². The fraction of sp³-hybridized carbons (Fsp3) is 0.423. The fourth-order valence-corrected chi connectivity index (χ4v) is 4.89. The van der Waals surface area contributed by atoms with Crippen molar-refractivity contribution in [2.75, 3.05) is 19.7 Å². The Morgan fingerprint density at radius 1 is 0.941 bits per heavy atom. The second-order valence-corrected chi connectivity index (χ2v) is 9.11. The highest BCUT2D eigenvalue weighted by Crippen LogP contribution is 2.44. The smallest absolute Gasteiger partial charge is 0.407 e. The summed E-state index contributed by atoms with van der Waals surface area (Å²) in [7, 11) is 0. The van der Waals surface area contributed by atoms with E-state index in [1.54, 1.807) is 0 Å². The average Bonchev–Trinajstić information content (AvgIpc) is 3.12. The number of ether oxygens (including phenoxy) is 1. The lowest BCUT2D eigenvalue weighted by atomic mass is 9.73. The fourth-order valence-electron chi connectivity index (χ4n) is 4.89. The number of carbonyl (C=O) groups is 3. The van der Waals surface area contributed by atoms with Crippen molar-refractivity contribution in [1.29, 1.82) is 0 Å². The van der Waals surface area contributed by atoms with Gasteiger partial charge in [-0.25, -0.2) is 9.59 Å². The summed E-state index contributed by atoms with van der Waals surface area (Å²) < 4.78 is 5.55. The van der Waals surface area contributed by atoms with Gasteiger partial charge in [-0.3, -0.25) is 4.79 Å². The zero-order chi connectivity index (χ0) is 24.1. The highest BCUT2D eigenvalue weighted by atomic mass is 16.5. The number of hydrogen-bond donors (Lipinski definition) is 4. The van der Waals surface area contributed by atoms with Gasteiger partial charge in [0.05, 0.1) is 0 Å². The molecule has 180 valence electrons. The molecule has 2 aromatic rings. The number of aliphatic carboxylic acids is 1. The van der Waals surface area contributed by atoms with Gasteiger partial charge in [0, 0.05) is 31.8 Å². The second kappa shape index (κ2) is 10.7. The minimum Gasteiger partial charge on any atom is -0.479 e. The van der Waals surface area contributed by atoms with E-state index in [1.807, 2.05) is 24.3 Å². The van der Waals surface area contributed by atoms with E-state index in [0.717, 1.165) is 12.8 Å². The van der Waals surface area contributed by atoms with Gasteiger partial charge in [0.25, 0.3) is 0 Å². The second-order valence-electron chi connectivity index (χ2n) is 9.11. The summed E-state index contributed by atoms with van der Waals surface area (Å²) in [5.74, 6) is -0.849. The van der Waals surface area contributed by atoms with Gasteiger partial charge >= 0.3 is 12.1 Å². The molecule has 8 heteroatoms. The molecule has 34 heavy (non-hydrogen) atoms. The van der Waals surface area contributed by atoms with Crippen LogP contribution in [0, 0.1) is 11.8 Å². The minimum absolute atomic E-state index is 0.0155. The van der Waals surface area contributed by atoms with Crippen LogP contribution in [0.15, 0.2) is 48.5 Å². The molecule has 4 N–H and O–H groups in total. The number of carboxylic acid groups (broad SMARTS) is 1. The summed E-state index contributed by atoms with van der Waals surface area (Å²) in [6, 6.07) is 16.4. The van der Waals surface area contributed by atoms with E-state index in [9.17, 15) is 19.5 Å². The Bertz CT molecular complexity index is 1000. The monoisotopic (exact) mass is 466 g/mol. The molecule has 0 radical (unpaired) electrons. The topological polar surface area (TPSA) is 125 Å². The summed E-state index contributed by atoms with van der Waals surface area (Å²) >= 11 is 0. The van der Waals surface area contributed by atoms with Gasteiger partial charge in [0.15, 0.2) is 6.10 Å². The molecule has 0 bridgehead atoms. The lowest BCUT2D eigenvalue weighted by Gasteiger charge is -2.35. The van der Waals surface area contributed by atoms with Crippen molar-refractivity contribution in [1.82, 2.24) is 10.6 Å². The number of hydrogen-bond acceptors (Lipinski definition) is 5. The number of carbonyl (C=O) groups excluding carboxylic acids is 2. The van der Waals surface area contributed by atoms with Crippen LogP contribution in [0.2, 0.25) is 0 Å². The first-order chi connectivity index (χ1) is 16.4. The number of aliphatic hydroxyl groups is 1. The summed E-state index contributed by atoms with van der Waals surface area (Å²) in [5.41, 5.74) is 4.73. The molecule has 8 nitrogen and oxygen atoms in total. The molecule has 1 saturated carbocycles. The molecule has 0 heterocycles. The minimum atomic E-state index is -1.46. The van der Waals surface area contributed by atoms with Gasteiger partial charge in [-0.05, 0) is 46.9 Å². The van der Waals surface area contributed by atoms with E-state index >= 15 is 0 Å². The Morgan fingerprint density at radius 3 is 2.18 bits per heavy atom. The largest absolute Gasteiger partial charge is 0.479 e. The van der Waals surface area contributed by atoms with Crippen LogP contribution in [0.25, 0.3) is 11.1 Å². The van der Waals surface area contributed by atoms with Crippen molar-refractivity contribution < 1.29 is 29.3 Å². The van der Waals surface area contributed by atoms with E-state index in [0.29, 0.717) is 18.9 Å². The molecule has 2 aromatic carbocycles. The van der Waals surface area contributed by atoms with Gasteiger partial charge in [-0.1, -0.05) is 48.5 Å². The molecule has 0 aromatic heterocycles. The highest BCUT2D eigenvalue weighted by molar-refractivity contribution is 5.79. The Labute approximate surface area is 198 Å². The van der Waals surface area contributed by atoms with Crippen LogP contribution in [-0.4, -0.2) is 54.0 Å². The molecular weight excluding hydrogens is 436 g/mol. The third-order valence-electron chi connectivity index (χ3n) is 6.71. The van der Waals surface area contributed by atoms with Crippen LogP contribution in [0.3, 0.4) is 0 Å². The first kappa shape index (κ1) is 23.8. The average molecular weight is 467 g/mol.